The number of aliphatic hydroxyl groups excluding tert-OH is 3. The van der Waals surface area contributed by atoms with Gasteiger partial charge in [0.2, 0.25) is 0 Å². The molecule has 0 radical (unpaired) electrons. The molecule has 1 aromatic heterocycles. The van der Waals surface area contributed by atoms with E-state index in [1.807, 2.05) is 4.98 Å². The molecule has 1 aromatic rings. The molecular formula is C11H14N2O6. The predicted octanol–water partition coefficient (Wildman–Crippen LogP) is -2.21. The predicted molar refractivity (Wildman–Crippen MR) is 64.4 cm³/mol. The highest BCUT2D eigenvalue weighted by atomic mass is 16.6. The van der Waals surface area contributed by atoms with Crippen LogP contribution in [0.3, 0.4) is 0 Å². The standard InChI is InChI=1S/C11H14N2O6/c1-2-5-3-13(11(18)12-9(5)17)10-8(16)7(15)6(4-14)19-10/h2-3,6-8,10,14-16H,1,4H2,(H,12,17,18)/t6-,7-,8+,10?/m1/s1. The zero-order valence-electron chi connectivity index (χ0n) is 9.89. The van der Waals surface area contributed by atoms with Gasteiger partial charge in [0.1, 0.15) is 18.3 Å². The number of nitrogens with one attached hydrogen (secondary N) is 1. The average molecular weight is 270 g/mol. The van der Waals surface area contributed by atoms with Crippen molar-refractivity contribution < 1.29 is 20.1 Å². The fourth-order valence-corrected chi connectivity index (χ4v) is 1.95. The second-order valence-corrected chi connectivity index (χ2v) is 4.18. The summed E-state index contributed by atoms with van der Waals surface area (Å²) in [6.07, 6.45) is -2.47. The van der Waals surface area contributed by atoms with Crippen LogP contribution in [0.2, 0.25) is 0 Å². The van der Waals surface area contributed by atoms with Crippen LogP contribution in [0, 0.1) is 0 Å². The molecular weight excluding hydrogens is 256 g/mol. The van der Waals surface area contributed by atoms with Crippen molar-refractivity contribution in [3.05, 3.63) is 39.2 Å². The summed E-state index contributed by atoms with van der Waals surface area (Å²) in [5.41, 5.74) is -1.27. The minimum Gasteiger partial charge on any atom is -0.394 e. The molecule has 2 rings (SSSR count). The first-order valence-corrected chi connectivity index (χ1v) is 5.60. The van der Waals surface area contributed by atoms with Crippen molar-refractivity contribution in [3.8, 4) is 0 Å². The number of aromatic amines is 1. The van der Waals surface area contributed by atoms with Crippen molar-refractivity contribution in [2.24, 2.45) is 0 Å². The van der Waals surface area contributed by atoms with Crippen molar-refractivity contribution in [2.75, 3.05) is 6.61 Å². The molecule has 1 aliphatic rings. The summed E-state index contributed by atoms with van der Waals surface area (Å²) in [4.78, 5) is 25.1. The third-order valence-electron chi connectivity index (χ3n) is 3.01. The van der Waals surface area contributed by atoms with Crippen LogP contribution in [-0.2, 0) is 4.74 Å². The van der Waals surface area contributed by atoms with Gasteiger partial charge in [0, 0.05) is 6.20 Å². The van der Waals surface area contributed by atoms with E-state index < -0.39 is 42.4 Å². The Morgan fingerprint density at radius 1 is 1.42 bits per heavy atom. The van der Waals surface area contributed by atoms with Crippen LogP contribution in [0.5, 0.6) is 0 Å². The lowest BCUT2D eigenvalue weighted by atomic mass is 10.1. The molecule has 1 fully saturated rings. The largest absolute Gasteiger partial charge is 0.394 e. The van der Waals surface area contributed by atoms with Crippen molar-refractivity contribution in [1.29, 1.82) is 0 Å². The lowest BCUT2D eigenvalue weighted by Gasteiger charge is -2.17. The Morgan fingerprint density at radius 2 is 2.11 bits per heavy atom. The molecule has 0 aliphatic carbocycles. The zero-order valence-corrected chi connectivity index (χ0v) is 9.89. The van der Waals surface area contributed by atoms with E-state index in [0.717, 1.165) is 4.57 Å². The highest BCUT2D eigenvalue weighted by molar-refractivity contribution is 5.43. The van der Waals surface area contributed by atoms with E-state index in [4.69, 9.17) is 9.84 Å². The summed E-state index contributed by atoms with van der Waals surface area (Å²) in [5, 5.41) is 28.4. The molecule has 8 heteroatoms. The molecule has 4 N–H and O–H groups in total. The first-order chi connectivity index (χ1) is 8.99. The number of hydrogen-bond acceptors (Lipinski definition) is 6. The molecule has 0 spiro atoms. The first-order valence-electron chi connectivity index (χ1n) is 5.60. The molecule has 8 nitrogen and oxygen atoms in total. The summed E-state index contributed by atoms with van der Waals surface area (Å²) in [6.45, 7) is 2.93. The molecule has 0 amide bonds. The molecule has 2 heterocycles. The summed E-state index contributed by atoms with van der Waals surface area (Å²) in [7, 11) is 0. The first kappa shape index (κ1) is 13.7. The monoisotopic (exact) mass is 270 g/mol. The highest BCUT2D eigenvalue weighted by Crippen LogP contribution is 2.27. The molecule has 1 saturated heterocycles. The molecule has 4 atom stereocenters. The summed E-state index contributed by atoms with van der Waals surface area (Å²) in [6, 6.07) is 0. The number of ether oxygens (including phenoxy) is 1. The molecule has 104 valence electrons. The van der Waals surface area contributed by atoms with Gasteiger partial charge < -0.3 is 20.1 Å². The van der Waals surface area contributed by atoms with Gasteiger partial charge in [-0.05, 0) is 0 Å². The molecule has 19 heavy (non-hydrogen) atoms. The Morgan fingerprint density at radius 3 is 2.63 bits per heavy atom. The van der Waals surface area contributed by atoms with Gasteiger partial charge in [-0.15, -0.1) is 0 Å². The summed E-state index contributed by atoms with van der Waals surface area (Å²) < 4.78 is 6.14. The Bertz CT molecular complexity index is 592. The Hall–Kier alpha value is -1.74. The molecule has 0 saturated carbocycles. The molecule has 0 bridgehead atoms. The van der Waals surface area contributed by atoms with Gasteiger partial charge >= 0.3 is 5.69 Å². The zero-order chi connectivity index (χ0) is 14.2. The molecule has 1 aliphatic heterocycles. The highest BCUT2D eigenvalue weighted by Gasteiger charge is 2.43. The van der Waals surface area contributed by atoms with E-state index >= 15 is 0 Å². The van der Waals surface area contributed by atoms with Gasteiger partial charge in [-0.1, -0.05) is 12.7 Å². The number of H-pyrrole nitrogens is 1. The van der Waals surface area contributed by atoms with Crippen molar-refractivity contribution in [1.82, 2.24) is 9.55 Å². The van der Waals surface area contributed by atoms with Crippen molar-refractivity contribution in [2.45, 2.75) is 24.5 Å². The van der Waals surface area contributed by atoms with Crippen LogP contribution in [0.1, 0.15) is 11.8 Å². The van der Waals surface area contributed by atoms with E-state index in [0.29, 0.717) is 0 Å². The maximum atomic E-state index is 11.7. The van der Waals surface area contributed by atoms with Crippen LogP contribution in [0.25, 0.3) is 6.08 Å². The number of aliphatic hydroxyl groups is 3. The smallest absolute Gasteiger partial charge is 0.330 e. The summed E-state index contributed by atoms with van der Waals surface area (Å²) >= 11 is 0. The number of aromatic nitrogens is 2. The number of hydrogen-bond donors (Lipinski definition) is 4. The van der Waals surface area contributed by atoms with E-state index in [1.54, 1.807) is 0 Å². The topological polar surface area (TPSA) is 125 Å². The molecule has 0 aromatic carbocycles. The third-order valence-corrected chi connectivity index (χ3v) is 3.01. The van der Waals surface area contributed by atoms with Crippen LogP contribution in [-0.4, -0.2) is 49.8 Å². The van der Waals surface area contributed by atoms with Crippen LogP contribution in [0.4, 0.5) is 0 Å². The SMILES string of the molecule is C=Cc1cn(C2O[C@H](CO)[C@@H](O)[C@@H]2O)c(=O)[nH]c1=O. The number of rotatable bonds is 3. The maximum Gasteiger partial charge on any atom is 0.330 e. The maximum absolute atomic E-state index is 11.7. The van der Waals surface area contributed by atoms with Gasteiger partial charge in [-0.3, -0.25) is 14.3 Å². The van der Waals surface area contributed by atoms with Crippen molar-refractivity contribution >= 4 is 6.08 Å². The second-order valence-electron chi connectivity index (χ2n) is 4.18. The van der Waals surface area contributed by atoms with E-state index in [1.165, 1.54) is 12.3 Å². The quantitative estimate of drug-likeness (QED) is 0.493. The Balaban J connectivity index is 2.46. The van der Waals surface area contributed by atoms with Crippen LogP contribution < -0.4 is 11.2 Å². The van der Waals surface area contributed by atoms with Crippen LogP contribution >= 0.6 is 0 Å². The van der Waals surface area contributed by atoms with E-state index in [2.05, 4.69) is 6.58 Å². The van der Waals surface area contributed by atoms with Gasteiger partial charge in [0.25, 0.3) is 5.56 Å². The Labute approximate surface area is 107 Å². The van der Waals surface area contributed by atoms with Gasteiger partial charge in [-0.25, -0.2) is 4.79 Å². The average Bonchev–Trinajstić information content (AvgIpc) is 2.67. The van der Waals surface area contributed by atoms with E-state index in [9.17, 15) is 19.8 Å². The summed E-state index contributed by atoms with van der Waals surface area (Å²) in [5.74, 6) is 0. The fourth-order valence-electron chi connectivity index (χ4n) is 1.95. The minimum atomic E-state index is -1.39. The molecule has 1 unspecified atom stereocenters. The lowest BCUT2D eigenvalue weighted by Crippen LogP contribution is -2.38. The van der Waals surface area contributed by atoms with Crippen molar-refractivity contribution in [3.63, 3.8) is 0 Å². The van der Waals surface area contributed by atoms with E-state index in [-0.39, 0.29) is 5.56 Å². The fraction of sp³-hybridized carbons (Fsp3) is 0.455. The van der Waals surface area contributed by atoms with Crippen LogP contribution in [0.15, 0.2) is 22.4 Å². The Kier molecular flexibility index (Phi) is 3.67. The second kappa shape index (κ2) is 5.10. The van der Waals surface area contributed by atoms with Gasteiger partial charge in [0.15, 0.2) is 6.23 Å². The van der Waals surface area contributed by atoms with Gasteiger partial charge in [-0.2, -0.15) is 0 Å². The third kappa shape index (κ3) is 2.26. The normalized spacial score (nSPS) is 30.5. The minimum absolute atomic E-state index is 0.123. The number of nitrogens with zero attached hydrogens (tertiary/aromatic N) is 1. The van der Waals surface area contributed by atoms with Gasteiger partial charge in [0.05, 0.1) is 12.2 Å². The lowest BCUT2D eigenvalue weighted by molar-refractivity contribution is -0.0550.